The Labute approximate surface area is 61.2 Å². The molecule has 0 saturated heterocycles. The Morgan fingerprint density at radius 3 is 2.20 bits per heavy atom. The number of allylic oxidation sites excluding steroid dienone is 2. The predicted molar refractivity (Wildman–Crippen MR) is 39.4 cm³/mol. The van der Waals surface area contributed by atoms with Crippen LogP contribution in [-0.4, -0.2) is 16.0 Å². The van der Waals surface area contributed by atoms with E-state index in [9.17, 15) is 0 Å². The third kappa shape index (κ3) is 1.82. The lowest BCUT2D eigenvalue weighted by Crippen LogP contribution is -2.30. The minimum absolute atomic E-state index is 0.493. The van der Waals surface area contributed by atoms with Gasteiger partial charge in [-0.25, -0.2) is 0 Å². The summed E-state index contributed by atoms with van der Waals surface area (Å²) in [6.45, 7) is 2.00. The first-order chi connectivity index (χ1) is 4.64. The Hall–Kier alpha value is -0.340. The molecule has 2 nitrogen and oxygen atoms in total. The Kier molecular flexibility index (Phi) is 2.11. The number of hydrogen-bond donors (Lipinski definition) is 2. The zero-order chi connectivity index (χ0) is 7.61. The van der Waals surface area contributed by atoms with Crippen LogP contribution >= 0.6 is 0 Å². The topological polar surface area (TPSA) is 40.5 Å². The second-order valence-electron chi connectivity index (χ2n) is 2.93. The molecule has 1 saturated carbocycles. The van der Waals surface area contributed by atoms with Crippen LogP contribution in [0.5, 0.6) is 0 Å². The van der Waals surface area contributed by atoms with Crippen LogP contribution in [0.1, 0.15) is 32.6 Å². The van der Waals surface area contributed by atoms with Gasteiger partial charge in [-0.1, -0.05) is 11.6 Å². The molecule has 0 aliphatic heterocycles. The number of aliphatic hydroxyl groups is 2. The average Bonchev–Trinajstić information content (AvgIpc) is 1.88. The van der Waals surface area contributed by atoms with Crippen molar-refractivity contribution in [2.45, 2.75) is 38.4 Å². The molecular formula is C8H14O2. The van der Waals surface area contributed by atoms with E-state index in [1.54, 1.807) is 0 Å². The summed E-state index contributed by atoms with van der Waals surface area (Å²) in [6, 6.07) is 0. The highest BCUT2D eigenvalue weighted by atomic mass is 16.5. The van der Waals surface area contributed by atoms with Crippen molar-refractivity contribution in [3.05, 3.63) is 11.6 Å². The average molecular weight is 142 g/mol. The first-order valence-electron chi connectivity index (χ1n) is 3.73. The highest BCUT2D eigenvalue weighted by molar-refractivity contribution is 5.04. The second-order valence-corrected chi connectivity index (χ2v) is 2.93. The van der Waals surface area contributed by atoms with E-state index in [1.165, 1.54) is 5.57 Å². The number of rotatable bonds is 0. The summed E-state index contributed by atoms with van der Waals surface area (Å²) in [5.74, 6) is -1.38. The lowest BCUT2D eigenvalue weighted by atomic mass is 9.90. The van der Waals surface area contributed by atoms with Gasteiger partial charge in [0.15, 0.2) is 5.79 Å². The van der Waals surface area contributed by atoms with Crippen molar-refractivity contribution in [3.8, 4) is 0 Å². The molecule has 0 aromatic carbocycles. The fourth-order valence-corrected chi connectivity index (χ4v) is 1.26. The van der Waals surface area contributed by atoms with Crippen LogP contribution in [-0.2, 0) is 0 Å². The summed E-state index contributed by atoms with van der Waals surface area (Å²) >= 11 is 0. The van der Waals surface area contributed by atoms with Crippen LogP contribution < -0.4 is 0 Å². The molecule has 1 aliphatic rings. The van der Waals surface area contributed by atoms with Gasteiger partial charge in [-0.05, 0) is 19.8 Å². The highest BCUT2D eigenvalue weighted by Gasteiger charge is 2.26. The third-order valence-corrected chi connectivity index (χ3v) is 2.10. The summed E-state index contributed by atoms with van der Waals surface area (Å²) in [4.78, 5) is 0. The molecule has 0 bridgehead atoms. The fraction of sp³-hybridized carbons (Fsp3) is 0.750. The van der Waals surface area contributed by atoms with Crippen LogP contribution in [0.25, 0.3) is 0 Å². The molecule has 0 amide bonds. The van der Waals surface area contributed by atoms with Crippen LogP contribution in [0, 0.1) is 0 Å². The Balaban J connectivity index is 2.46. The smallest absolute Gasteiger partial charge is 0.163 e. The SMILES string of the molecule is CC=C1CCC(O)(O)CC1. The lowest BCUT2D eigenvalue weighted by molar-refractivity contribution is -0.175. The highest BCUT2D eigenvalue weighted by Crippen LogP contribution is 2.28. The van der Waals surface area contributed by atoms with Crippen molar-refractivity contribution in [2.24, 2.45) is 0 Å². The summed E-state index contributed by atoms with van der Waals surface area (Å²) in [5.41, 5.74) is 1.35. The maximum atomic E-state index is 9.12. The standard InChI is InChI=1S/C8H14O2/c1-2-7-3-5-8(9,10)6-4-7/h2,9-10H,3-6H2,1H3. The molecule has 0 atom stereocenters. The zero-order valence-electron chi connectivity index (χ0n) is 6.30. The van der Waals surface area contributed by atoms with Crippen LogP contribution in [0.2, 0.25) is 0 Å². The molecular weight excluding hydrogens is 128 g/mol. The molecule has 10 heavy (non-hydrogen) atoms. The molecule has 0 radical (unpaired) electrons. The van der Waals surface area contributed by atoms with Gasteiger partial charge in [-0.2, -0.15) is 0 Å². The lowest BCUT2D eigenvalue weighted by Gasteiger charge is -2.27. The van der Waals surface area contributed by atoms with E-state index in [4.69, 9.17) is 10.2 Å². The molecule has 1 aliphatic carbocycles. The summed E-state index contributed by atoms with van der Waals surface area (Å²) in [7, 11) is 0. The van der Waals surface area contributed by atoms with E-state index < -0.39 is 5.79 Å². The van der Waals surface area contributed by atoms with Crippen LogP contribution in [0.4, 0.5) is 0 Å². The van der Waals surface area contributed by atoms with E-state index in [1.807, 2.05) is 6.92 Å². The third-order valence-electron chi connectivity index (χ3n) is 2.10. The normalized spacial score (nSPS) is 24.5. The van der Waals surface area contributed by atoms with Crippen LogP contribution in [0.3, 0.4) is 0 Å². The predicted octanol–water partition coefficient (Wildman–Crippen LogP) is 1.19. The Morgan fingerprint density at radius 1 is 1.30 bits per heavy atom. The quantitative estimate of drug-likeness (QED) is 0.394. The first-order valence-corrected chi connectivity index (χ1v) is 3.73. The van der Waals surface area contributed by atoms with E-state index in [0.717, 1.165) is 12.8 Å². The number of hydrogen-bond acceptors (Lipinski definition) is 2. The maximum Gasteiger partial charge on any atom is 0.163 e. The van der Waals surface area contributed by atoms with Crippen molar-refractivity contribution in [2.75, 3.05) is 0 Å². The Morgan fingerprint density at radius 2 is 1.80 bits per heavy atom. The van der Waals surface area contributed by atoms with Gasteiger partial charge in [-0.3, -0.25) is 0 Å². The van der Waals surface area contributed by atoms with Crippen LogP contribution in [0.15, 0.2) is 11.6 Å². The molecule has 0 aromatic heterocycles. The molecule has 0 aromatic rings. The summed E-state index contributed by atoms with van der Waals surface area (Å²) in [6.07, 6.45) is 4.72. The van der Waals surface area contributed by atoms with E-state index >= 15 is 0 Å². The molecule has 1 rings (SSSR count). The van der Waals surface area contributed by atoms with Gasteiger partial charge in [0, 0.05) is 12.8 Å². The molecule has 58 valence electrons. The van der Waals surface area contributed by atoms with Crippen molar-refractivity contribution in [1.29, 1.82) is 0 Å². The second kappa shape index (κ2) is 2.72. The van der Waals surface area contributed by atoms with Gasteiger partial charge < -0.3 is 10.2 Å². The molecule has 1 fully saturated rings. The maximum absolute atomic E-state index is 9.12. The Bertz CT molecular complexity index is 135. The van der Waals surface area contributed by atoms with Crippen molar-refractivity contribution < 1.29 is 10.2 Å². The monoisotopic (exact) mass is 142 g/mol. The minimum Gasteiger partial charge on any atom is -0.366 e. The molecule has 2 heteroatoms. The van der Waals surface area contributed by atoms with Gasteiger partial charge in [0.25, 0.3) is 0 Å². The van der Waals surface area contributed by atoms with E-state index in [0.29, 0.717) is 12.8 Å². The van der Waals surface area contributed by atoms with Crippen molar-refractivity contribution in [1.82, 2.24) is 0 Å². The van der Waals surface area contributed by atoms with E-state index in [-0.39, 0.29) is 0 Å². The molecule has 0 spiro atoms. The van der Waals surface area contributed by atoms with E-state index in [2.05, 4.69) is 6.08 Å². The van der Waals surface area contributed by atoms with Gasteiger partial charge in [0.05, 0.1) is 0 Å². The molecule has 0 unspecified atom stereocenters. The fourth-order valence-electron chi connectivity index (χ4n) is 1.26. The molecule has 2 N–H and O–H groups in total. The van der Waals surface area contributed by atoms with Gasteiger partial charge in [0.1, 0.15) is 0 Å². The largest absolute Gasteiger partial charge is 0.366 e. The van der Waals surface area contributed by atoms with Gasteiger partial charge in [0.2, 0.25) is 0 Å². The van der Waals surface area contributed by atoms with Gasteiger partial charge >= 0.3 is 0 Å². The first kappa shape index (κ1) is 7.76. The molecule has 0 heterocycles. The zero-order valence-corrected chi connectivity index (χ0v) is 6.30. The van der Waals surface area contributed by atoms with Gasteiger partial charge in [-0.15, -0.1) is 0 Å². The minimum atomic E-state index is -1.38. The summed E-state index contributed by atoms with van der Waals surface area (Å²) in [5, 5.41) is 18.2. The summed E-state index contributed by atoms with van der Waals surface area (Å²) < 4.78 is 0. The van der Waals surface area contributed by atoms with Crippen molar-refractivity contribution >= 4 is 0 Å². The van der Waals surface area contributed by atoms with Crippen molar-refractivity contribution in [3.63, 3.8) is 0 Å².